The third kappa shape index (κ3) is 3.93. The predicted molar refractivity (Wildman–Crippen MR) is 116 cm³/mol. The van der Waals surface area contributed by atoms with Gasteiger partial charge in [-0.3, -0.25) is 14.9 Å². The second-order valence-electron chi connectivity index (χ2n) is 6.05. The smallest absolute Gasteiger partial charge is 0.271 e. The number of thiophene rings is 1. The van der Waals surface area contributed by atoms with Crippen molar-refractivity contribution in [1.82, 2.24) is 4.98 Å². The molecule has 2 aromatic heterocycles. The standard InChI is InChI=1S/C20H11Cl2N3O3S/c21-14-6-5-11(25(27)28)9-16(14)24-20(26)13-10-17(18-7-8-19(22)29-18)23-15-4-2-1-3-12(13)15/h1-10H,(H,24,26). The highest BCUT2D eigenvalue weighted by molar-refractivity contribution is 7.19. The van der Waals surface area contributed by atoms with Crippen LogP contribution >= 0.6 is 34.5 Å². The number of para-hydroxylation sites is 1. The molecule has 0 unspecified atom stereocenters. The summed E-state index contributed by atoms with van der Waals surface area (Å²) in [7, 11) is 0. The minimum Gasteiger partial charge on any atom is -0.320 e. The zero-order valence-corrected chi connectivity index (χ0v) is 16.9. The average Bonchev–Trinajstić information content (AvgIpc) is 3.15. The van der Waals surface area contributed by atoms with E-state index in [2.05, 4.69) is 10.3 Å². The Kier molecular flexibility index (Phi) is 5.19. The number of pyridine rings is 1. The minimum atomic E-state index is -0.549. The van der Waals surface area contributed by atoms with Crippen LogP contribution in [0, 0.1) is 10.1 Å². The fourth-order valence-electron chi connectivity index (χ4n) is 2.85. The Morgan fingerprint density at radius 2 is 1.86 bits per heavy atom. The first-order valence-electron chi connectivity index (χ1n) is 8.33. The molecule has 144 valence electrons. The molecule has 4 aromatic rings. The van der Waals surface area contributed by atoms with Gasteiger partial charge in [-0.25, -0.2) is 4.98 Å². The molecule has 9 heteroatoms. The first kappa shape index (κ1) is 19.3. The van der Waals surface area contributed by atoms with Crippen LogP contribution in [0.15, 0.2) is 60.7 Å². The summed E-state index contributed by atoms with van der Waals surface area (Å²) < 4.78 is 0.615. The average molecular weight is 444 g/mol. The number of halogens is 2. The molecule has 0 radical (unpaired) electrons. The molecule has 0 atom stereocenters. The third-order valence-corrected chi connectivity index (χ3v) is 5.78. The number of hydrogen-bond donors (Lipinski definition) is 1. The van der Waals surface area contributed by atoms with Gasteiger partial charge in [0.25, 0.3) is 11.6 Å². The van der Waals surface area contributed by atoms with Crippen molar-refractivity contribution in [3.8, 4) is 10.6 Å². The molecule has 0 bridgehead atoms. The van der Waals surface area contributed by atoms with Crippen molar-refractivity contribution >= 4 is 62.7 Å². The highest BCUT2D eigenvalue weighted by atomic mass is 35.5. The number of carbonyl (C=O) groups is 1. The Morgan fingerprint density at radius 1 is 1.07 bits per heavy atom. The van der Waals surface area contributed by atoms with E-state index in [1.165, 1.54) is 29.5 Å². The van der Waals surface area contributed by atoms with Crippen LogP contribution in [0.5, 0.6) is 0 Å². The molecular weight excluding hydrogens is 433 g/mol. The predicted octanol–water partition coefficient (Wildman–Crippen LogP) is 6.43. The summed E-state index contributed by atoms with van der Waals surface area (Å²) in [6, 6.07) is 16.4. The van der Waals surface area contributed by atoms with Crippen molar-refractivity contribution in [2.75, 3.05) is 5.32 Å². The van der Waals surface area contributed by atoms with Gasteiger partial charge in [0, 0.05) is 17.5 Å². The molecule has 0 aliphatic rings. The Labute approximate surface area is 178 Å². The molecule has 29 heavy (non-hydrogen) atoms. The molecule has 0 fully saturated rings. The zero-order valence-electron chi connectivity index (χ0n) is 14.6. The molecule has 6 nitrogen and oxygen atoms in total. The Morgan fingerprint density at radius 3 is 2.59 bits per heavy atom. The summed E-state index contributed by atoms with van der Waals surface area (Å²) in [6.07, 6.45) is 0. The zero-order chi connectivity index (χ0) is 20.5. The van der Waals surface area contributed by atoms with Gasteiger partial charge in [0.15, 0.2) is 0 Å². The summed E-state index contributed by atoms with van der Waals surface area (Å²) in [5.74, 6) is -0.449. The van der Waals surface area contributed by atoms with E-state index < -0.39 is 10.8 Å². The summed E-state index contributed by atoms with van der Waals surface area (Å²) in [5.41, 5.74) is 1.61. The highest BCUT2D eigenvalue weighted by Gasteiger charge is 2.17. The van der Waals surface area contributed by atoms with Gasteiger partial charge in [-0.2, -0.15) is 0 Å². The van der Waals surface area contributed by atoms with Gasteiger partial charge in [-0.15, -0.1) is 11.3 Å². The van der Waals surface area contributed by atoms with Crippen molar-refractivity contribution < 1.29 is 9.72 Å². The van der Waals surface area contributed by atoms with Gasteiger partial charge in [-0.05, 0) is 30.3 Å². The fourth-order valence-corrected chi connectivity index (χ4v) is 4.02. The molecular formula is C20H11Cl2N3O3S. The van der Waals surface area contributed by atoms with Crippen LogP contribution in [0.3, 0.4) is 0 Å². The molecule has 0 saturated carbocycles. The van der Waals surface area contributed by atoms with E-state index in [1.807, 2.05) is 24.3 Å². The number of non-ortho nitro benzene ring substituents is 1. The maximum Gasteiger partial charge on any atom is 0.271 e. The van der Waals surface area contributed by atoms with E-state index in [0.29, 0.717) is 26.5 Å². The van der Waals surface area contributed by atoms with Crippen LogP contribution in [0.25, 0.3) is 21.5 Å². The van der Waals surface area contributed by atoms with Crippen molar-refractivity contribution in [3.05, 3.63) is 85.7 Å². The monoisotopic (exact) mass is 443 g/mol. The van der Waals surface area contributed by atoms with Crippen LogP contribution in [0.1, 0.15) is 10.4 Å². The van der Waals surface area contributed by atoms with Crippen molar-refractivity contribution in [2.45, 2.75) is 0 Å². The number of rotatable bonds is 4. The van der Waals surface area contributed by atoms with E-state index in [-0.39, 0.29) is 16.4 Å². The first-order chi connectivity index (χ1) is 13.9. The van der Waals surface area contributed by atoms with E-state index in [4.69, 9.17) is 23.2 Å². The van der Waals surface area contributed by atoms with Crippen LogP contribution in [-0.2, 0) is 0 Å². The maximum atomic E-state index is 13.1. The molecule has 1 amide bonds. The fraction of sp³-hybridized carbons (Fsp3) is 0. The molecule has 2 aromatic carbocycles. The van der Waals surface area contributed by atoms with Crippen LogP contribution in [0.4, 0.5) is 11.4 Å². The Hall–Kier alpha value is -3.00. The van der Waals surface area contributed by atoms with E-state index >= 15 is 0 Å². The number of carbonyl (C=O) groups excluding carboxylic acids is 1. The lowest BCUT2D eigenvalue weighted by Gasteiger charge is -2.11. The number of benzene rings is 2. The number of nitrogens with zero attached hydrogens (tertiary/aromatic N) is 2. The second-order valence-corrected chi connectivity index (χ2v) is 8.17. The minimum absolute atomic E-state index is 0.160. The highest BCUT2D eigenvalue weighted by Crippen LogP contribution is 2.33. The van der Waals surface area contributed by atoms with Gasteiger partial charge in [-0.1, -0.05) is 41.4 Å². The largest absolute Gasteiger partial charge is 0.320 e. The maximum absolute atomic E-state index is 13.1. The summed E-state index contributed by atoms with van der Waals surface area (Å²) in [4.78, 5) is 29.0. The number of amides is 1. The van der Waals surface area contributed by atoms with E-state index in [1.54, 1.807) is 18.2 Å². The van der Waals surface area contributed by atoms with Crippen molar-refractivity contribution in [2.24, 2.45) is 0 Å². The van der Waals surface area contributed by atoms with Crippen LogP contribution < -0.4 is 5.32 Å². The first-order valence-corrected chi connectivity index (χ1v) is 9.90. The molecule has 4 rings (SSSR count). The Bertz CT molecular complexity index is 1270. The van der Waals surface area contributed by atoms with E-state index in [0.717, 1.165) is 4.88 Å². The Balaban J connectivity index is 1.79. The number of fused-ring (bicyclic) bond motifs is 1. The summed E-state index contributed by atoms with van der Waals surface area (Å²) in [6.45, 7) is 0. The molecule has 2 heterocycles. The van der Waals surface area contributed by atoms with Gasteiger partial charge in [0.05, 0.1) is 41.6 Å². The SMILES string of the molecule is O=C(Nc1cc([N+](=O)[O-])ccc1Cl)c1cc(-c2ccc(Cl)s2)nc2ccccc12. The van der Waals surface area contributed by atoms with Crippen LogP contribution in [0.2, 0.25) is 9.36 Å². The number of nitro groups is 1. The van der Waals surface area contributed by atoms with Crippen molar-refractivity contribution in [3.63, 3.8) is 0 Å². The van der Waals surface area contributed by atoms with E-state index in [9.17, 15) is 14.9 Å². The topological polar surface area (TPSA) is 85.1 Å². The second kappa shape index (κ2) is 7.79. The van der Waals surface area contributed by atoms with Gasteiger partial charge < -0.3 is 5.32 Å². The number of nitro benzene ring substituents is 1. The quantitative estimate of drug-likeness (QED) is 0.290. The molecule has 0 aliphatic heterocycles. The number of nitrogens with one attached hydrogen (secondary N) is 1. The lowest BCUT2D eigenvalue weighted by Crippen LogP contribution is -2.13. The summed E-state index contributed by atoms with van der Waals surface area (Å²) >= 11 is 13.5. The lowest BCUT2D eigenvalue weighted by atomic mass is 10.1. The molecule has 0 aliphatic carbocycles. The lowest BCUT2D eigenvalue weighted by molar-refractivity contribution is -0.384. The third-order valence-electron chi connectivity index (χ3n) is 4.20. The molecule has 1 N–H and O–H groups in total. The van der Waals surface area contributed by atoms with Gasteiger partial charge >= 0.3 is 0 Å². The van der Waals surface area contributed by atoms with Crippen LogP contribution in [-0.4, -0.2) is 15.8 Å². The normalized spacial score (nSPS) is 10.8. The molecule has 0 saturated heterocycles. The number of aromatic nitrogens is 1. The van der Waals surface area contributed by atoms with Crippen molar-refractivity contribution in [1.29, 1.82) is 0 Å². The number of hydrogen-bond acceptors (Lipinski definition) is 5. The van der Waals surface area contributed by atoms with Gasteiger partial charge in [0.1, 0.15) is 0 Å². The summed E-state index contributed by atoms with van der Waals surface area (Å²) in [5, 5.41) is 14.6. The number of anilines is 1. The van der Waals surface area contributed by atoms with Gasteiger partial charge in [0.2, 0.25) is 0 Å². The molecule has 0 spiro atoms.